The lowest BCUT2D eigenvalue weighted by Crippen LogP contribution is -2.44. The number of hydrogen-bond donors (Lipinski definition) is 2. The highest BCUT2D eigenvalue weighted by atomic mass is 16.5. The molecule has 1 atom stereocenters. The van der Waals surface area contributed by atoms with Gasteiger partial charge < -0.3 is 14.9 Å². The van der Waals surface area contributed by atoms with Crippen LogP contribution in [0.25, 0.3) is 0 Å². The van der Waals surface area contributed by atoms with Gasteiger partial charge in [-0.2, -0.15) is 0 Å². The Hall–Kier alpha value is -3.09. The van der Waals surface area contributed by atoms with E-state index >= 15 is 0 Å². The Morgan fingerprint density at radius 2 is 1.76 bits per heavy atom. The molecule has 1 aromatic heterocycles. The summed E-state index contributed by atoms with van der Waals surface area (Å²) >= 11 is 0. The van der Waals surface area contributed by atoms with Gasteiger partial charge >= 0.3 is 12.1 Å². The molecule has 2 N–H and O–H groups in total. The molecule has 1 unspecified atom stereocenters. The van der Waals surface area contributed by atoms with E-state index in [2.05, 4.69) is 4.98 Å². The van der Waals surface area contributed by atoms with Gasteiger partial charge in [0.25, 0.3) is 0 Å². The monoisotopic (exact) mass is 344 g/mol. The molecule has 132 valence electrons. The second-order valence-corrected chi connectivity index (χ2v) is 5.51. The second-order valence-electron chi connectivity index (χ2n) is 5.51. The van der Waals surface area contributed by atoms with Gasteiger partial charge in [-0.25, -0.2) is 9.59 Å². The number of carbonyl (C=O) groups is 2. The summed E-state index contributed by atoms with van der Waals surface area (Å²) in [6.45, 7) is 0.0627. The molecule has 1 heterocycles. The van der Waals surface area contributed by atoms with Crippen LogP contribution in [0.3, 0.4) is 0 Å². The molecule has 0 saturated carbocycles. The van der Waals surface area contributed by atoms with E-state index in [0.717, 1.165) is 16.0 Å². The Balaban J connectivity index is 2.15. The van der Waals surface area contributed by atoms with E-state index in [0.29, 0.717) is 6.42 Å². The molecule has 0 aliphatic rings. The van der Waals surface area contributed by atoms with Crippen molar-refractivity contribution in [1.82, 2.24) is 9.88 Å². The molecule has 0 radical (unpaired) electrons. The van der Waals surface area contributed by atoms with Crippen molar-refractivity contribution in [3.05, 3.63) is 59.9 Å². The fourth-order valence-corrected chi connectivity index (χ4v) is 2.50. The molecular formula is C18H20N2O5. The Labute approximate surface area is 145 Å². The van der Waals surface area contributed by atoms with Crippen LogP contribution >= 0.6 is 0 Å². The normalized spacial score (nSPS) is 11.6. The van der Waals surface area contributed by atoms with Crippen molar-refractivity contribution in [3.63, 3.8) is 0 Å². The van der Waals surface area contributed by atoms with Crippen LogP contribution in [0.2, 0.25) is 0 Å². The molecule has 7 heteroatoms. The number of rotatable bonds is 7. The van der Waals surface area contributed by atoms with Gasteiger partial charge in [-0.15, -0.1) is 0 Å². The molecule has 2 rings (SSSR count). The average molecular weight is 344 g/mol. The van der Waals surface area contributed by atoms with Crippen molar-refractivity contribution < 1.29 is 24.5 Å². The number of hydrogen-bond acceptors (Lipinski definition) is 5. The standard InChI is InChI=1S/C18H20N2O5/c1-25-17(22)16(7-4-13-2-5-15(21)6-3-13)20(18(23)24)12-14-8-10-19-11-9-14/h2-3,5-6,8-11,16,21H,4,7,12H2,1H3,(H,23,24). The molecule has 1 amide bonds. The smallest absolute Gasteiger partial charge is 0.408 e. The zero-order valence-electron chi connectivity index (χ0n) is 13.8. The van der Waals surface area contributed by atoms with E-state index in [1.807, 2.05) is 0 Å². The van der Waals surface area contributed by atoms with E-state index in [4.69, 9.17) is 4.74 Å². The number of carbonyl (C=O) groups excluding carboxylic acids is 1. The third kappa shape index (κ3) is 5.20. The van der Waals surface area contributed by atoms with E-state index < -0.39 is 18.1 Å². The molecule has 7 nitrogen and oxygen atoms in total. The molecular weight excluding hydrogens is 324 g/mol. The second kappa shape index (κ2) is 8.68. The molecule has 0 spiro atoms. The summed E-state index contributed by atoms with van der Waals surface area (Å²) in [6, 6.07) is 9.04. The van der Waals surface area contributed by atoms with E-state index in [9.17, 15) is 19.8 Å². The molecule has 0 aliphatic heterocycles. The van der Waals surface area contributed by atoms with Gasteiger partial charge in [0.1, 0.15) is 11.8 Å². The van der Waals surface area contributed by atoms with Crippen molar-refractivity contribution in [3.8, 4) is 5.75 Å². The number of aromatic hydroxyl groups is 1. The van der Waals surface area contributed by atoms with Crippen molar-refractivity contribution in [2.24, 2.45) is 0 Å². The van der Waals surface area contributed by atoms with Crippen molar-refractivity contribution >= 4 is 12.1 Å². The molecule has 2 aromatic rings. The fourth-order valence-electron chi connectivity index (χ4n) is 2.50. The number of nitrogens with zero attached hydrogens (tertiary/aromatic N) is 2. The third-order valence-electron chi connectivity index (χ3n) is 3.84. The first-order valence-electron chi connectivity index (χ1n) is 7.75. The third-order valence-corrected chi connectivity index (χ3v) is 3.84. The summed E-state index contributed by atoms with van der Waals surface area (Å²) in [4.78, 5) is 28.8. The van der Waals surface area contributed by atoms with Gasteiger partial charge in [0.2, 0.25) is 0 Å². The lowest BCUT2D eigenvalue weighted by molar-refractivity contribution is -0.146. The topological polar surface area (TPSA) is 100.0 Å². The fraction of sp³-hybridized carbons (Fsp3) is 0.278. The largest absolute Gasteiger partial charge is 0.508 e. The zero-order valence-corrected chi connectivity index (χ0v) is 13.8. The molecule has 0 aliphatic carbocycles. The molecule has 0 fully saturated rings. The van der Waals surface area contributed by atoms with E-state index in [1.165, 1.54) is 7.11 Å². The summed E-state index contributed by atoms with van der Waals surface area (Å²) in [5.41, 5.74) is 1.62. The first-order chi connectivity index (χ1) is 12.0. The number of benzene rings is 1. The highest BCUT2D eigenvalue weighted by molar-refractivity contribution is 5.80. The molecule has 0 saturated heterocycles. The maximum absolute atomic E-state index is 12.1. The maximum Gasteiger partial charge on any atom is 0.408 e. The first kappa shape index (κ1) is 18.3. The number of carboxylic acid groups (broad SMARTS) is 1. The van der Waals surface area contributed by atoms with Crippen LogP contribution in [0.4, 0.5) is 4.79 Å². The van der Waals surface area contributed by atoms with E-state index in [1.54, 1.807) is 48.8 Å². The van der Waals surface area contributed by atoms with Gasteiger partial charge in [-0.3, -0.25) is 9.88 Å². The number of ether oxygens (including phenoxy) is 1. The lowest BCUT2D eigenvalue weighted by Gasteiger charge is -2.27. The minimum atomic E-state index is -1.20. The summed E-state index contributed by atoms with van der Waals surface area (Å²) in [5.74, 6) is -0.451. The van der Waals surface area contributed by atoms with Crippen LogP contribution in [0.1, 0.15) is 17.5 Å². The van der Waals surface area contributed by atoms with Crippen molar-refractivity contribution in [2.45, 2.75) is 25.4 Å². The predicted molar refractivity (Wildman–Crippen MR) is 90.0 cm³/mol. The van der Waals surface area contributed by atoms with Gasteiger partial charge in [0.05, 0.1) is 13.7 Å². The summed E-state index contributed by atoms with van der Waals surface area (Å²) < 4.78 is 4.79. The number of esters is 1. The average Bonchev–Trinajstić information content (AvgIpc) is 2.62. The Morgan fingerprint density at radius 3 is 2.32 bits per heavy atom. The number of phenols is 1. The van der Waals surface area contributed by atoms with Crippen LogP contribution in [0.15, 0.2) is 48.8 Å². The zero-order chi connectivity index (χ0) is 18.2. The Bertz CT molecular complexity index is 703. The molecule has 1 aromatic carbocycles. The van der Waals surface area contributed by atoms with Crippen molar-refractivity contribution in [2.75, 3.05) is 7.11 Å². The minimum Gasteiger partial charge on any atom is -0.508 e. The summed E-state index contributed by atoms with van der Waals surface area (Å²) in [6.07, 6.45) is 2.69. The van der Waals surface area contributed by atoms with Gasteiger partial charge in [-0.1, -0.05) is 12.1 Å². The number of aryl methyl sites for hydroxylation is 1. The maximum atomic E-state index is 12.1. The number of amides is 1. The number of phenolic OH excluding ortho intramolecular Hbond substituents is 1. The van der Waals surface area contributed by atoms with Gasteiger partial charge in [-0.05, 0) is 48.2 Å². The van der Waals surface area contributed by atoms with Crippen LogP contribution in [0.5, 0.6) is 5.75 Å². The minimum absolute atomic E-state index is 0.0627. The van der Waals surface area contributed by atoms with Crippen molar-refractivity contribution in [1.29, 1.82) is 0 Å². The SMILES string of the molecule is COC(=O)C(CCc1ccc(O)cc1)N(Cc1ccncc1)C(=O)O. The Morgan fingerprint density at radius 1 is 1.12 bits per heavy atom. The quantitative estimate of drug-likeness (QED) is 0.748. The van der Waals surface area contributed by atoms with Crippen LogP contribution in [-0.4, -0.2) is 45.3 Å². The van der Waals surface area contributed by atoms with Crippen LogP contribution < -0.4 is 0 Å². The summed E-state index contributed by atoms with van der Waals surface area (Å²) in [7, 11) is 1.24. The number of aromatic nitrogens is 1. The first-order valence-corrected chi connectivity index (χ1v) is 7.75. The predicted octanol–water partition coefficient (Wildman–Crippen LogP) is 2.44. The van der Waals surface area contributed by atoms with Crippen LogP contribution in [-0.2, 0) is 22.5 Å². The number of methoxy groups -OCH3 is 1. The highest BCUT2D eigenvalue weighted by Gasteiger charge is 2.30. The number of pyridine rings is 1. The summed E-state index contributed by atoms with van der Waals surface area (Å²) in [5, 5.41) is 18.9. The van der Waals surface area contributed by atoms with Gasteiger partial charge in [0.15, 0.2) is 0 Å². The highest BCUT2D eigenvalue weighted by Crippen LogP contribution is 2.17. The lowest BCUT2D eigenvalue weighted by atomic mass is 10.0. The molecule has 0 bridgehead atoms. The van der Waals surface area contributed by atoms with Gasteiger partial charge in [0, 0.05) is 12.4 Å². The molecule has 25 heavy (non-hydrogen) atoms. The van der Waals surface area contributed by atoms with E-state index in [-0.39, 0.29) is 18.7 Å². The van der Waals surface area contributed by atoms with Crippen LogP contribution in [0, 0.1) is 0 Å². The Kier molecular flexibility index (Phi) is 6.33.